The summed E-state index contributed by atoms with van der Waals surface area (Å²) in [6.07, 6.45) is 1.16. The van der Waals surface area contributed by atoms with Gasteiger partial charge in [-0.1, -0.05) is 5.16 Å². The van der Waals surface area contributed by atoms with Crippen LogP contribution in [0.15, 0.2) is 20.2 Å². The van der Waals surface area contributed by atoms with Gasteiger partial charge in [-0.2, -0.15) is 0 Å². The van der Waals surface area contributed by atoms with Crippen LogP contribution in [0.5, 0.6) is 11.5 Å². The summed E-state index contributed by atoms with van der Waals surface area (Å²) < 4.78 is 11.8. The van der Waals surface area contributed by atoms with E-state index in [0.29, 0.717) is 26.9 Å². The minimum Gasteiger partial charge on any atom is -0.490 e. The Labute approximate surface area is 121 Å². The third kappa shape index (κ3) is 3.46. The van der Waals surface area contributed by atoms with E-state index < -0.39 is 5.97 Å². The molecule has 1 aromatic rings. The Bertz CT molecular complexity index is 488. The second kappa shape index (κ2) is 6.75. The van der Waals surface area contributed by atoms with Gasteiger partial charge in [-0.15, -0.1) is 0 Å². The first-order valence-corrected chi connectivity index (χ1v) is 6.60. The molecule has 0 saturated carbocycles. The smallest absolute Gasteiger partial charge is 0.308 e. The number of esters is 1. The third-order valence-electron chi connectivity index (χ3n) is 1.90. The van der Waals surface area contributed by atoms with Crippen molar-refractivity contribution >= 4 is 44.0 Å². The van der Waals surface area contributed by atoms with Crippen LogP contribution in [-0.2, 0) is 4.79 Å². The largest absolute Gasteiger partial charge is 0.490 e. The number of carbonyl (C=O) groups excluding carboxylic acids is 1. The van der Waals surface area contributed by atoms with Gasteiger partial charge in [-0.25, -0.2) is 0 Å². The van der Waals surface area contributed by atoms with Crippen molar-refractivity contribution in [3.63, 3.8) is 0 Å². The van der Waals surface area contributed by atoms with E-state index in [0.717, 1.165) is 6.21 Å². The molecule has 1 aromatic carbocycles. The molecule has 0 amide bonds. The fraction of sp³-hybridized carbons (Fsp3) is 0.273. The van der Waals surface area contributed by atoms with Crippen LogP contribution in [0.2, 0.25) is 0 Å². The topological polar surface area (TPSA) is 68.1 Å². The summed E-state index contributed by atoms with van der Waals surface area (Å²) in [4.78, 5) is 11.1. The lowest BCUT2D eigenvalue weighted by Crippen LogP contribution is -2.07. The number of hydrogen-bond acceptors (Lipinski definition) is 5. The standard InChI is InChI=1S/C11H11Br2NO4/c1-3-17-9-4-8(12)10(13)7(5-14-16)11(9)18-6(2)15/h4-5,16H,3H2,1-2H3/b14-5+. The summed E-state index contributed by atoms with van der Waals surface area (Å²) in [6.45, 7) is 3.51. The van der Waals surface area contributed by atoms with Gasteiger partial charge in [0.25, 0.3) is 0 Å². The van der Waals surface area contributed by atoms with E-state index in [1.807, 2.05) is 6.92 Å². The molecule has 5 nitrogen and oxygen atoms in total. The van der Waals surface area contributed by atoms with Crippen LogP contribution in [0.3, 0.4) is 0 Å². The van der Waals surface area contributed by atoms with Gasteiger partial charge >= 0.3 is 5.97 Å². The second-order valence-electron chi connectivity index (χ2n) is 3.18. The van der Waals surface area contributed by atoms with E-state index in [9.17, 15) is 4.79 Å². The van der Waals surface area contributed by atoms with E-state index in [-0.39, 0.29) is 5.75 Å². The van der Waals surface area contributed by atoms with Gasteiger partial charge in [0, 0.05) is 15.9 Å². The molecule has 0 fully saturated rings. The van der Waals surface area contributed by atoms with Gasteiger partial charge < -0.3 is 14.7 Å². The molecule has 98 valence electrons. The number of halogens is 2. The zero-order valence-corrected chi connectivity index (χ0v) is 12.9. The molecule has 0 atom stereocenters. The highest BCUT2D eigenvalue weighted by atomic mass is 79.9. The SMILES string of the molecule is CCOc1cc(Br)c(Br)c(/C=N/O)c1OC(C)=O. The Balaban J connectivity index is 3.46. The van der Waals surface area contributed by atoms with Crippen molar-refractivity contribution in [1.82, 2.24) is 0 Å². The molecule has 1 N–H and O–H groups in total. The maximum atomic E-state index is 11.1. The summed E-state index contributed by atoms with van der Waals surface area (Å²) in [5, 5.41) is 11.6. The molecule has 0 aliphatic heterocycles. The summed E-state index contributed by atoms with van der Waals surface area (Å²) >= 11 is 6.64. The highest BCUT2D eigenvalue weighted by Crippen LogP contribution is 2.40. The number of ether oxygens (including phenoxy) is 2. The van der Waals surface area contributed by atoms with Crippen LogP contribution in [-0.4, -0.2) is 24.0 Å². The van der Waals surface area contributed by atoms with Crippen molar-refractivity contribution in [3.05, 3.63) is 20.6 Å². The number of carbonyl (C=O) groups is 1. The lowest BCUT2D eigenvalue weighted by Gasteiger charge is -2.14. The Morgan fingerprint density at radius 1 is 1.56 bits per heavy atom. The van der Waals surface area contributed by atoms with Gasteiger partial charge in [0.05, 0.1) is 18.4 Å². The molecule has 18 heavy (non-hydrogen) atoms. The number of nitrogens with zero attached hydrogens (tertiary/aromatic N) is 1. The molecule has 0 aliphatic carbocycles. The number of oxime groups is 1. The quantitative estimate of drug-likeness (QED) is 0.286. The molecule has 0 saturated heterocycles. The molecule has 0 heterocycles. The molecule has 1 rings (SSSR count). The average molecular weight is 381 g/mol. The minimum atomic E-state index is -0.488. The first-order valence-electron chi connectivity index (χ1n) is 5.01. The van der Waals surface area contributed by atoms with Gasteiger partial charge in [0.1, 0.15) is 0 Å². The van der Waals surface area contributed by atoms with Crippen LogP contribution >= 0.6 is 31.9 Å². The Hall–Kier alpha value is -1.08. The highest BCUT2D eigenvalue weighted by Gasteiger charge is 2.18. The lowest BCUT2D eigenvalue weighted by atomic mass is 10.2. The normalized spacial score (nSPS) is 10.7. The average Bonchev–Trinajstić information content (AvgIpc) is 2.30. The molecule has 0 bridgehead atoms. The molecule has 0 radical (unpaired) electrons. The Morgan fingerprint density at radius 2 is 2.22 bits per heavy atom. The van der Waals surface area contributed by atoms with E-state index in [1.165, 1.54) is 6.92 Å². The maximum Gasteiger partial charge on any atom is 0.308 e. The van der Waals surface area contributed by atoms with Crippen LogP contribution < -0.4 is 9.47 Å². The monoisotopic (exact) mass is 379 g/mol. The van der Waals surface area contributed by atoms with Gasteiger partial charge in [-0.05, 0) is 44.8 Å². The van der Waals surface area contributed by atoms with Crippen molar-refractivity contribution in [1.29, 1.82) is 0 Å². The summed E-state index contributed by atoms with van der Waals surface area (Å²) in [5.74, 6) is 0.104. The Kier molecular flexibility index (Phi) is 5.61. The summed E-state index contributed by atoms with van der Waals surface area (Å²) in [7, 11) is 0. The van der Waals surface area contributed by atoms with Crippen molar-refractivity contribution in [2.45, 2.75) is 13.8 Å². The van der Waals surface area contributed by atoms with Crippen LogP contribution in [0.25, 0.3) is 0 Å². The van der Waals surface area contributed by atoms with Gasteiger partial charge in [0.2, 0.25) is 0 Å². The number of hydrogen-bond donors (Lipinski definition) is 1. The van der Waals surface area contributed by atoms with E-state index in [1.54, 1.807) is 6.07 Å². The predicted molar refractivity (Wildman–Crippen MR) is 73.7 cm³/mol. The van der Waals surface area contributed by atoms with Gasteiger partial charge in [-0.3, -0.25) is 4.79 Å². The zero-order valence-electron chi connectivity index (χ0n) is 9.74. The predicted octanol–water partition coefficient (Wildman–Crippen LogP) is 3.34. The first-order chi connectivity index (χ1) is 8.51. The Morgan fingerprint density at radius 3 is 2.72 bits per heavy atom. The molecule has 0 aliphatic rings. The number of benzene rings is 1. The van der Waals surface area contributed by atoms with Crippen molar-refractivity contribution < 1.29 is 19.5 Å². The van der Waals surface area contributed by atoms with Crippen LogP contribution in [0.1, 0.15) is 19.4 Å². The fourth-order valence-corrected chi connectivity index (χ4v) is 2.11. The first kappa shape index (κ1) is 15.0. The van der Waals surface area contributed by atoms with Crippen LogP contribution in [0.4, 0.5) is 0 Å². The third-order valence-corrected chi connectivity index (χ3v) is 3.92. The van der Waals surface area contributed by atoms with E-state index in [2.05, 4.69) is 37.0 Å². The molecular formula is C11H11Br2NO4. The molecule has 0 aromatic heterocycles. The zero-order chi connectivity index (χ0) is 13.7. The molecule has 7 heteroatoms. The fourth-order valence-electron chi connectivity index (χ4n) is 1.29. The molecule has 0 spiro atoms. The van der Waals surface area contributed by atoms with E-state index >= 15 is 0 Å². The lowest BCUT2D eigenvalue weighted by molar-refractivity contribution is -0.132. The van der Waals surface area contributed by atoms with Crippen LogP contribution in [0, 0.1) is 0 Å². The molecular weight excluding hydrogens is 370 g/mol. The van der Waals surface area contributed by atoms with Gasteiger partial charge in [0.15, 0.2) is 11.5 Å². The minimum absolute atomic E-state index is 0.206. The maximum absolute atomic E-state index is 11.1. The molecule has 0 unspecified atom stereocenters. The number of rotatable bonds is 4. The highest BCUT2D eigenvalue weighted by molar-refractivity contribution is 9.13. The summed E-state index contributed by atoms with van der Waals surface area (Å²) in [5.41, 5.74) is 0.408. The van der Waals surface area contributed by atoms with Crippen molar-refractivity contribution in [2.75, 3.05) is 6.61 Å². The van der Waals surface area contributed by atoms with Crippen molar-refractivity contribution in [2.24, 2.45) is 5.16 Å². The second-order valence-corrected chi connectivity index (χ2v) is 4.83. The van der Waals surface area contributed by atoms with E-state index in [4.69, 9.17) is 14.7 Å². The summed E-state index contributed by atoms with van der Waals surface area (Å²) in [6, 6.07) is 1.67. The van der Waals surface area contributed by atoms with Crippen molar-refractivity contribution in [3.8, 4) is 11.5 Å².